The number of nitrogens with one attached hydrogen (secondary N) is 1. The highest BCUT2D eigenvalue weighted by Gasteiger charge is 2.31. The minimum atomic E-state index is -1.49. The summed E-state index contributed by atoms with van der Waals surface area (Å²) in [5, 5.41) is 38.2. The van der Waals surface area contributed by atoms with Gasteiger partial charge in [-0.05, 0) is 6.07 Å². The molecule has 2 aromatic heterocycles. The van der Waals surface area contributed by atoms with Crippen LogP contribution >= 0.6 is 11.3 Å². The molecule has 0 saturated carbocycles. The van der Waals surface area contributed by atoms with E-state index in [4.69, 9.17) is 5.73 Å². The van der Waals surface area contributed by atoms with E-state index < -0.39 is 31.3 Å². The highest BCUT2D eigenvalue weighted by Crippen LogP contribution is 2.31. The Balaban J connectivity index is 2.34. The van der Waals surface area contributed by atoms with Crippen LogP contribution in [0.15, 0.2) is 12.3 Å². The standard InChI is InChI=1S/C11H14N4O4S/c12-7-6-1-2-13-15-10(6)20-8(7)9(19)14-11(3-16,4-17)5-18/h1-2,16-18H,3-5,12H2,(H,14,19). The van der Waals surface area contributed by atoms with Crippen LogP contribution in [-0.4, -0.2) is 56.8 Å². The second-order valence-electron chi connectivity index (χ2n) is 4.30. The van der Waals surface area contributed by atoms with Gasteiger partial charge in [-0.2, -0.15) is 5.10 Å². The summed E-state index contributed by atoms with van der Waals surface area (Å²) in [4.78, 5) is 12.9. The number of rotatable bonds is 5. The molecule has 0 aromatic carbocycles. The van der Waals surface area contributed by atoms with Gasteiger partial charge in [0, 0.05) is 5.39 Å². The number of carbonyl (C=O) groups excluding carboxylic acids is 1. The van der Waals surface area contributed by atoms with Crippen molar-refractivity contribution in [3.63, 3.8) is 0 Å². The predicted molar refractivity (Wildman–Crippen MR) is 73.3 cm³/mol. The molecule has 0 spiro atoms. The number of anilines is 1. The second kappa shape index (κ2) is 5.67. The quantitative estimate of drug-likeness (QED) is 0.463. The fraction of sp³-hybridized carbons (Fsp3) is 0.364. The lowest BCUT2D eigenvalue weighted by molar-refractivity contribution is 0.0377. The highest BCUT2D eigenvalue weighted by atomic mass is 32.1. The van der Waals surface area contributed by atoms with Crippen molar-refractivity contribution < 1.29 is 20.1 Å². The molecule has 2 rings (SSSR count). The zero-order valence-corrected chi connectivity index (χ0v) is 11.2. The Morgan fingerprint density at radius 2 is 2.00 bits per heavy atom. The van der Waals surface area contributed by atoms with Gasteiger partial charge in [0.2, 0.25) is 0 Å². The van der Waals surface area contributed by atoms with Gasteiger partial charge in [0.1, 0.15) is 15.2 Å². The van der Waals surface area contributed by atoms with Gasteiger partial charge in [0.15, 0.2) is 0 Å². The van der Waals surface area contributed by atoms with Gasteiger partial charge in [-0.1, -0.05) is 0 Å². The maximum Gasteiger partial charge on any atom is 0.264 e. The van der Waals surface area contributed by atoms with E-state index in [1.807, 2.05) is 0 Å². The molecule has 0 unspecified atom stereocenters. The number of thiophene rings is 1. The Hall–Kier alpha value is -1.81. The summed E-state index contributed by atoms with van der Waals surface area (Å²) >= 11 is 1.05. The monoisotopic (exact) mass is 298 g/mol. The second-order valence-corrected chi connectivity index (χ2v) is 5.30. The topological polar surface area (TPSA) is 142 Å². The van der Waals surface area contributed by atoms with Crippen molar-refractivity contribution in [2.45, 2.75) is 5.54 Å². The van der Waals surface area contributed by atoms with Crippen molar-refractivity contribution in [1.82, 2.24) is 15.5 Å². The van der Waals surface area contributed by atoms with Crippen molar-refractivity contribution >= 4 is 33.1 Å². The van der Waals surface area contributed by atoms with Crippen LogP contribution in [0.3, 0.4) is 0 Å². The molecule has 0 fully saturated rings. The van der Waals surface area contributed by atoms with Crippen LogP contribution in [0.25, 0.3) is 10.2 Å². The Labute approximate surface area is 117 Å². The smallest absolute Gasteiger partial charge is 0.264 e. The summed E-state index contributed by atoms with van der Waals surface area (Å²) in [5.41, 5.74) is 4.63. The lowest BCUT2D eigenvalue weighted by Gasteiger charge is -2.28. The van der Waals surface area contributed by atoms with Crippen LogP contribution < -0.4 is 11.1 Å². The maximum atomic E-state index is 12.2. The zero-order chi connectivity index (χ0) is 14.8. The third kappa shape index (κ3) is 2.43. The summed E-state index contributed by atoms with van der Waals surface area (Å²) in [6.45, 7) is -1.80. The van der Waals surface area contributed by atoms with Crippen molar-refractivity contribution in [2.75, 3.05) is 25.6 Å². The first-order valence-electron chi connectivity index (χ1n) is 5.71. The van der Waals surface area contributed by atoms with Crippen LogP contribution in [0, 0.1) is 0 Å². The molecule has 20 heavy (non-hydrogen) atoms. The van der Waals surface area contributed by atoms with Crippen molar-refractivity contribution in [3.05, 3.63) is 17.1 Å². The average Bonchev–Trinajstić information content (AvgIpc) is 2.83. The van der Waals surface area contributed by atoms with E-state index in [2.05, 4.69) is 15.5 Å². The molecule has 0 saturated heterocycles. The van der Waals surface area contributed by atoms with Crippen LogP contribution in [0.1, 0.15) is 9.67 Å². The van der Waals surface area contributed by atoms with Gasteiger partial charge in [-0.15, -0.1) is 16.4 Å². The van der Waals surface area contributed by atoms with Crippen LogP contribution in [0.4, 0.5) is 5.69 Å². The third-order valence-corrected chi connectivity index (χ3v) is 4.02. The van der Waals surface area contributed by atoms with E-state index in [-0.39, 0.29) is 10.6 Å². The van der Waals surface area contributed by atoms with E-state index >= 15 is 0 Å². The molecule has 2 aromatic rings. The first kappa shape index (κ1) is 14.6. The average molecular weight is 298 g/mol. The van der Waals surface area contributed by atoms with Crippen LogP contribution in [0.2, 0.25) is 0 Å². The molecule has 0 aliphatic rings. The fourth-order valence-corrected chi connectivity index (χ4v) is 2.54. The summed E-state index contributed by atoms with van der Waals surface area (Å²) in [7, 11) is 0. The number of hydrogen-bond acceptors (Lipinski definition) is 8. The molecular weight excluding hydrogens is 284 g/mol. The van der Waals surface area contributed by atoms with Gasteiger partial charge in [-0.3, -0.25) is 4.79 Å². The number of aliphatic hydroxyl groups is 3. The van der Waals surface area contributed by atoms with Gasteiger partial charge in [0.25, 0.3) is 5.91 Å². The molecule has 8 nitrogen and oxygen atoms in total. The lowest BCUT2D eigenvalue weighted by atomic mass is 10.0. The molecule has 0 aliphatic heterocycles. The molecule has 0 bridgehead atoms. The van der Waals surface area contributed by atoms with Crippen molar-refractivity contribution in [2.24, 2.45) is 0 Å². The van der Waals surface area contributed by atoms with Gasteiger partial charge < -0.3 is 26.4 Å². The molecule has 108 valence electrons. The van der Waals surface area contributed by atoms with Crippen molar-refractivity contribution in [3.8, 4) is 0 Å². The van der Waals surface area contributed by atoms with Crippen LogP contribution in [0.5, 0.6) is 0 Å². The molecular formula is C11H14N4O4S. The Bertz CT molecular complexity index is 618. The number of nitrogens with zero attached hydrogens (tertiary/aromatic N) is 2. The summed E-state index contributed by atoms with van der Waals surface area (Å²) in [6.07, 6.45) is 1.46. The Morgan fingerprint density at radius 3 is 2.55 bits per heavy atom. The van der Waals surface area contributed by atoms with E-state index in [1.165, 1.54) is 6.20 Å². The normalized spacial score (nSPS) is 11.8. The van der Waals surface area contributed by atoms with E-state index in [9.17, 15) is 20.1 Å². The minimum Gasteiger partial charge on any atom is -0.397 e. The third-order valence-electron chi connectivity index (χ3n) is 2.91. The largest absolute Gasteiger partial charge is 0.397 e. The van der Waals surface area contributed by atoms with E-state index in [0.717, 1.165) is 11.3 Å². The molecule has 0 atom stereocenters. The number of amides is 1. The van der Waals surface area contributed by atoms with Gasteiger partial charge >= 0.3 is 0 Å². The van der Waals surface area contributed by atoms with Crippen LogP contribution in [-0.2, 0) is 0 Å². The first-order chi connectivity index (χ1) is 9.56. The van der Waals surface area contributed by atoms with Gasteiger partial charge in [0.05, 0.1) is 31.7 Å². The summed E-state index contributed by atoms with van der Waals surface area (Å²) in [6, 6.07) is 1.64. The highest BCUT2D eigenvalue weighted by molar-refractivity contribution is 7.21. The maximum absolute atomic E-state index is 12.2. The van der Waals surface area contributed by atoms with Gasteiger partial charge in [-0.25, -0.2) is 0 Å². The van der Waals surface area contributed by atoms with Crippen molar-refractivity contribution in [1.29, 1.82) is 0 Å². The SMILES string of the molecule is Nc1c(C(=O)NC(CO)(CO)CO)sc2nnccc12. The Morgan fingerprint density at radius 1 is 1.35 bits per heavy atom. The summed E-state index contributed by atoms with van der Waals surface area (Å²) in [5.74, 6) is -0.595. The molecule has 0 radical (unpaired) electrons. The van der Waals surface area contributed by atoms with E-state index in [1.54, 1.807) is 6.07 Å². The summed E-state index contributed by atoms with van der Waals surface area (Å²) < 4.78 is 0. The Kier molecular flexibility index (Phi) is 4.14. The zero-order valence-electron chi connectivity index (χ0n) is 10.4. The molecule has 1 amide bonds. The minimum absolute atomic E-state index is 0.195. The molecule has 0 aliphatic carbocycles. The number of hydrogen-bond donors (Lipinski definition) is 5. The number of carbonyl (C=O) groups is 1. The molecule has 6 N–H and O–H groups in total. The fourth-order valence-electron chi connectivity index (χ4n) is 1.61. The lowest BCUT2D eigenvalue weighted by Crippen LogP contribution is -2.56. The van der Waals surface area contributed by atoms with E-state index in [0.29, 0.717) is 10.2 Å². The molecule has 2 heterocycles. The predicted octanol–water partition coefficient (Wildman–Crippen LogP) is -1.28. The number of fused-ring (bicyclic) bond motifs is 1. The molecule has 9 heteroatoms. The first-order valence-corrected chi connectivity index (χ1v) is 6.53. The number of nitrogen functional groups attached to an aromatic ring is 1. The number of nitrogens with two attached hydrogens (primary N) is 1. The number of aromatic nitrogens is 2. The number of aliphatic hydroxyl groups excluding tert-OH is 3.